The Bertz CT molecular complexity index is 3010. The van der Waals surface area contributed by atoms with Crippen LogP contribution in [0.5, 0.6) is 0 Å². The molecule has 0 bridgehead atoms. The molecule has 288 valence electrons. The van der Waals surface area contributed by atoms with E-state index in [9.17, 15) is 5.41 Å². The normalized spacial score (nSPS) is 12.8. The molecule has 0 aliphatic carbocycles. The smallest absolute Gasteiger partial charge is 0.160 e. The lowest BCUT2D eigenvalue weighted by Gasteiger charge is -2.27. The summed E-state index contributed by atoms with van der Waals surface area (Å²) in [5, 5.41) is 13.6. The maximum atomic E-state index is 9.76. The molecule has 61 heavy (non-hydrogen) atoms. The van der Waals surface area contributed by atoms with Crippen molar-refractivity contribution in [2.24, 2.45) is 0 Å². The van der Waals surface area contributed by atoms with E-state index in [4.69, 9.17) is 9.97 Å². The molecule has 0 radical (unpaired) electrons. The third kappa shape index (κ3) is 7.74. The van der Waals surface area contributed by atoms with Crippen molar-refractivity contribution in [1.29, 1.82) is 5.41 Å². The van der Waals surface area contributed by atoms with Crippen LogP contribution in [0.15, 0.2) is 224 Å². The second-order valence-electron chi connectivity index (χ2n) is 15.1. The number of hydrogen-bond acceptors (Lipinski definition) is 4. The summed E-state index contributed by atoms with van der Waals surface area (Å²) < 4.78 is 0. The van der Waals surface area contributed by atoms with Gasteiger partial charge < -0.3 is 5.32 Å². The van der Waals surface area contributed by atoms with E-state index >= 15 is 0 Å². The zero-order chi connectivity index (χ0) is 41.0. The monoisotopic (exact) mass is 780 g/mol. The first-order valence-corrected chi connectivity index (χ1v) is 20.5. The van der Waals surface area contributed by atoms with Crippen LogP contribution >= 0.6 is 0 Å². The number of allylic oxidation sites excluding steroid dienone is 1. The Morgan fingerprint density at radius 3 is 1.39 bits per heavy atom. The minimum absolute atomic E-state index is 0.433. The fraction of sp³-hybridized carbons (Fsp3) is 0. The molecule has 8 aromatic carbocycles. The van der Waals surface area contributed by atoms with Crippen molar-refractivity contribution in [2.75, 3.05) is 0 Å². The van der Waals surface area contributed by atoms with Gasteiger partial charge in [0.25, 0.3) is 0 Å². The van der Waals surface area contributed by atoms with Crippen LogP contribution in [0, 0.1) is 5.41 Å². The van der Waals surface area contributed by atoms with Crippen LogP contribution in [-0.2, 0) is 0 Å². The zero-order valence-electron chi connectivity index (χ0n) is 33.3. The first kappa shape index (κ1) is 37.1. The maximum absolute atomic E-state index is 9.76. The van der Waals surface area contributed by atoms with Gasteiger partial charge in [-0.1, -0.05) is 194 Å². The van der Waals surface area contributed by atoms with Gasteiger partial charge in [-0.05, 0) is 75.4 Å². The highest BCUT2D eigenvalue weighted by Crippen LogP contribution is 2.40. The van der Waals surface area contributed by atoms with Crippen LogP contribution in [-0.4, -0.2) is 15.7 Å². The topological polar surface area (TPSA) is 61.7 Å². The van der Waals surface area contributed by atoms with Crippen LogP contribution in [0.3, 0.4) is 0 Å². The fourth-order valence-electron chi connectivity index (χ4n) is 8.02. The Hall–Kier alpha value is -8.21. The third-order valence-corrected chi connectivity index (χ3v) is 11.1. The van der Waals surface area contributed by atoms with Gasteiger partial charge in [0.2, 0.25) is 0 Å². The zero-order valence-corrected chi connectivity index (χ0v) is 33.3. The van der Waals surface area contributed by atoms with E-state index in [0.717, 1.165) is 95.1 Å². The Balaban J connectivity index is 1.20. The maximum Gasteiger partial charge on any atom is 0.160 e. The Labute approximate surface area is 356 Å². The highest BCUT2D eigenvalue weighted by molar-refractivity contribution is 6.36. The van der Waals surface area contributed by atoms with Crippen molar-refractivity contribution in [2.45, 2.75) is 0 Å². The lowest BCUT2D eigenvalue weighted by Crippen LogP contribution is -2.20. The fourth-order valence-corrected chi connectivity index (χ4v) is 8.02. The predicted molar refractivity (Wildman–Crippen MR) is 253 cm³/mol. The number of hydrogen-bond donors (Lipinski definition) is 2. The Morgan fingerprint density at radius 2 is 0.836 bits per heavy atom. The van der Waals surface area contributed by atoms with E-state index in [1.54, 1.807) is 0 Å². The van der Waals surface area contributed by atoms with E-state index < -0.39 is 0 Å². The molecular weight excluding hydrogens is 741 g/mol. The number of benzene rings is 8. The van der Waals surface area contributed by atoms with Gasteiger partial charge >= 0.3 is 0 Å². The van der Waals surface area contributed by atoms with Crippen LogP contribution < -0.4 is 5.32 Å². The summed E-state index contributed by atoms with van der Waals surface area (Å²) in [4.78, 5) is 10.5. The molecule has 0 saturated carbocycles. The molecule has 0 atom stereocenters. The standard InChI is InChI=1S/C57H40N4/c58-55(43-27-15-5-16-28-43)54(42-25-13-4-14-26-42)56-50-36-46(32-31-45(50)37-51(59-56)41-23-11-3-12-24-41)52-38-53(61-57(60-52)44-29-17-6-18-30-44)49-34-47(39-19-7-1-8-20-39)33-48(35-49)40-21-9-2-10-22-40/h1-38,58-59H/b56-54-,58-55?. The molecule has 1 aliphatic rings. The number of nitrogens with zero attached hydrogens (tertiary/aromatic N) is 2. The van der Waals surface area contributed by atoms with Crippen LogP contribution in [0.25, 0.3) is 79.2 Å². The summed E-state index contributed by atoms with van der Waals surface area (Å²) in [5.41, 5.74) is 17.0. The van der Waals surface area contributed by atoms with E-state index in [1.807, 2.05) is 72.8 Å². The Morgan fingerprint density at radius 1 is 0.377 bits per heavy atom. The molecule has 9 aromatic rings. The lowest BCUT2D eigenvalue weighted by atomic mass is 9.87. The molecule has 1 aromatic heterocycles. The molecule has 2 N–H and O–H groups in total. The minimum atomic E-state index is 0.433. The third-order valence-electron chi connectivity index (χ3n) is 11.1. The number of nitrogens with one attached hydrogen (secondary N) is 2. The SMILES string of the molecule is N=C(/C(=C1\NC(c2ccccc2)=Cc2ccc(-c3cc(-c4cc(-c5ccccc5)cc(-c5ccccc5)c4)nc(-c4ccccc4)n3)cc21)c1ccccc1)c1ccccc1. The highest BCUT2D eigenvalue weighted by atomic mass is 14.9. The largest absolute Gasteiger partial charge is 0.354 e. The van der Waals surface area contributed by atoms with Crippen molar-refractivity contribution in [3.8, 4) is 56.2 Å². The highest BCUT2D eigenvalue weighted by Gasteiger charge is 2.25. The summed E-state index contributed by atoms with van der Waals surface area (Å²) >= 11 is 0. The number of fused-ring (bicyclic) bond motifs is 1. The molecule has 1 aliphatic heterocycles. The molecule has 0 amide bonds. The second-order valence-corrected chi connectivity index (χ2v) is 15.1. The molecule has 4 nitrogen and oxygen atoms in total. The molecule has 0 fully saturated rings. The average Bonchev–Trinajstić information content (AvgIpc) is 3.35. The summed E-state index contributed by atoms with van der Waals surface area (Å²) in [6.07, 6.45) is 2.20. The van der Waals surface area contributed by atoms with E-state index in [1.165, 1.54) is 0 Å². The van der Waals surface area contributed by atoms with Crippen molar-refractivity contribution < 1.29 is 0 Å². The Kier molecular flexibility index (Phi) is 10.1. The predicted octanol–water partition coefficient (Wildman–Crippen LogP) is 13.8. The van der Waals surface area contributed by atoms with Gasteiger partial charge in [0.15, 0.2) is 5.82 Å². The molecule has 10 rings (SSSR count). The quantitative estimate of drug-likeness (QED) is 0.143. The number of aromatic nitrogens is 2. The van der Waals surface area contributed by atoms with Crippen molar-refractivity contribution in [3.05, 3.63) is 252 Å². The summed E-state index contributed by atoms with van der Waals surface area (Å²) in [6.45, 7) is 0. The summed E-state index contributed by atoms with van der Waals surface area (Å²) in [5.74, 6) is 0.646. The van der Waals surface area contributed by atoms with Gasteiger partial charge in [0.05, 0.1) is 22.8 Å². The average molecular weight is 781 g/mol. The molecular formula is C57H40N4. The van der Waals surface area contributed by atoms with E-state index in [-0.39, 0.29) is 0 Å². The van der Waals surface area contributed by atoms with Crippen molar-refractivity contribution in [3.63, 3.8) is 0 Å². The minimum Gasteiger partial charge on any atom is -0.354 e. The molecule has 0 unspecified atom stereocenters. The molecule has 0 spiro atoms. The lowest BCUT2D eigenvalue weighted by molar-refractivity contribution is 1.18. The molecule has 0 saturated heterocycles. The van der Waals surface area contributed by atoms with Gasteiger partial charge in [0.1, 0.15) is 0 Å². The number of rotatable bonds is 9. The van der Waals surface area contributed by atoms with Crippen LogP contribution in [0.1, 0.15) is 27.8 Å². The van der Waals surface area contributed by atoms with Gasteiger partial charge in [-0.3, -0.25) is 5.41 Å². The van der Waals surface area contributed by atoms with Crippen molar-refractivity contribution >= 4 is 28.8 Å². The first-order valence-electron chi connectivity index (χ1n) is 20.5. The van der Waals surface area contributed by atoms with E-state index in [2.05, 4.69) is 163 Å². The van der Waals surface area contributed by atoms with Crippen LogP contribution in [0.2, 0.25) is 0 Å². The summed E-state index contributed by atoms with van der Waals surface area (Å²) in [7, 11) is 0. The second kappa shape index (κ2) is 16.6. The van der Waals surface area contributed by atoms with Gasteiger partial charge in [-0.25, -0.2) is 9.97 Å². The summed E-state index contributed by atoms with van der Waals surface area (Å²) in [6, 6.07) is 77.2. The van der Waals surface area contributed by atoms with E-state index in [0.29, 0.717) is 11.5 Å². The first-order chi connectivity index (χ1) is 30.1. The van der Waals surface area contributed by atoms with Gasteiger partial charge in [-0.15, -0.1) is 0 Å². The van der Waals surface area contributed by atoms with Gasteiger partial charge in [-0.2, -0.15) is 0 Å². The molecule has 2 heterocycles. The molecule has 4 heteroatoms. The van der Waals surface area contributed by atoms with Gasteiger partial charge in [0, 0.05) is 39.1 Å². The van der Waals surface area contributed by atoms with Crippen molar-refractivity contribution in [1.82, 2.24) is 15.3 Å². The van der Waals surface area contributed by atoms with Crippen LogP contribution in [0.4, 0.5) is 0 Å².